The van der Waals surface area contributed by atoms with Crippen molar-refractivity contribution in [2.45, 2.75) is 39.2 Å². The van der Waals surface area contributed by atoms with Crippen LogP contribution in [0, 0.1) is 5.92 Å². The number of hydrogen-bond acceptors (Lipinski definition) is 3. The van der Waals surface area contributed by atoms with E-state index >= 15 is 0 Å². The van der Waals surface area contributed by atoms with Crippen LogP contribution in [0.5, 0.6) is 11.5 Å². The summed E-state index contributed by atoms with van der Waals surface area (Å²) in [4.78, 5) is 2.54. The fraction of sp³-hybridized carbons (Fsp3) is 0.625. The molecule has 1 aromatic carbocycles. The van der Waals surface area contributed by atoms with Gasteiger partial charge in [-0.1, -0.05) is 13.0 Å². The van der Waals surface area contributed by atoms with Crippen molar-refractivity contribution < 1.29 is 9.84 Å². The second-order valence-electron chi connectivity index (χ2n) is 5.68. The third-order valence-corrected chi connectivity index (χ3v) is 4.29. The molecule has 1 aromatic rings. The Morgan fingerprint density at radius 1 is 1.32 bits per heavy atom. The molecule has 106 valence electrons. The first kappa shape index (κ1) is 14.2. The zero-order valence-corrected chi connectivity index (χ0v) is 12.2. The van der Waals surface area contributed by atoms with Gasteiger partial charge in [-0.3, -0.25) is 4.90 Å². The molecule has 1 aliphatic heterocycles. The molecule has 3 heteroatoms. The summed E-state index contributed by atoms with van der Waals surface area (Å²) >= 11 is 0. The first-order valence-corrected chi connectivity index (χ1v) is 7.22. The molecule has 1 N–H and O–H groups in total. The first-order chi connectivity index (χ1) is 9.11. The monoisotopic (exact) mass is 263 g/mol. The minimum absolute atomic E-state index is 0.211. The van der Waals surface area contributed by atoms with Gasteiger partial charge < -0.3 is 9.84 Å². The molecule has 1 fully saturated rings. The Morgan fingerprint density at radius 2 is 2.11 bits per heavy atom. The van der Waals surface area contributed by atoms with E-state index in [-0.39, 0.29) is 5.75 Å². The SMILES string of the molecule is COc1cc(C(C)N2CCCC(C)CC2)ccc1O. The van der Waals surface area contributed by atoms with E-state index in [1.54, 1.807) is 13.2 Å². The fourth-order valence-corrected chi connectivity index (χ4v) is 2.84. The van der Waals surface area contributed by atoms with Crippen LogP contribution in [0.25, 0.3) is 0 Å². The molecule has 2 rings (SSSR count). The number of hydrogen-bond donors (Lipinski definition) is 1. The van der Waals surface area contributed by atoms with E-state index < -0.39 is 0 Å². The zero-order chi connectivity index (χ0) is 13.8. The summed E-state index contributed by atoms with van der Waals surface area (Å²) in [6.07, 6.45) is 3.89. The zero-order valence-electron chi connectivity index (χ0n) is 12.2. The molecule has 0 saturated carbocycles. The number of likely N-dealkylation sites (tertiary alicyclic amines) is 1. The number of phenols is 1. The molecule has 0 aromatic heterocycles. The highest BCUT2D eigenvalue weighted by Gasteiger charge is 2.20. The Bertz CT molecular complexity index is 419. The van der Waals surface area contributed by atoms with Crippen LogP contribution in [0.1, 0.15) is 44.7 Å². The van der Waals surface area contributed by atoms with Gasteiger partial charge in [-0.05, 0) is 62.9 Å². The van der Waals surface area contributed by atoms with Crippen LogP contribution in [0.15, 0.2) is 18.2 Å². The predicted octanol–water partition coefficient (Wildman–Crippen LogP) is 3.58. The molecule has 1 heterocycles. The van der Waals surface area contributed by atoms with Crippen molar-refractivity contribution in [3.8, 4) is 11.5 Å². The molecule has 2 atom stereocenters. The third-order valence-electron chi connectivity index (χ3n) is 4.29. The minimum Gasteiger partial charge on any atom is -0.504 e. The largest absolute Gasteiger partial charge is 0.504 e. The predicted molar refractivity (Wildman–Crippen MR) is 77.7 cm³/mol. The Morgan fingerprint density at radius 3 is 2.84 bits per heavy atom. The highest BCUT2D eigenvalue weighted by molar-refractivity contribution is 5.42. The van der Waals surface area contributed by atoms with Crippen LogP contribution >= 0.6 is 0 Å². The molecular weight excluding hydrogens is 238 g/mol. The molecule has 0 amide bonds. The lowest BCUT2D eigenvalue weighted by atomic mass is 10.0. The van der Waals surface area contributed by atoms with Gasteiger partial charge in [0.05, 0.1) is 7.11 Å². The van der Waals surface area contributed by atoms with Gasteiger partial charge in [-0.2, -0.15) is 0 Å². The average Bonchev–Trinajstić information content (AvgIpc) is 2.63. The number of ether oxygens (including phenoxy) is 1. The van der Waals surface area contributed by atoms with Crippen LogP contribution in [0.2, 0.25) is 0 Å². The van der Waals surface area contributed by atoms with E-state index in [2.05, 4.69) is 18.7 Å². The smallest absolute Gasteiger partial charge is 0.160 e. The lowest BCUT2D eigenvalue weighted by Crippen LogP contribution is -2.28. The maximum Gasteiger partial charge on any atom is 0.160 e. The van der Waals surface area contributed by atoms with Crippen molar-refractivity contribution in [1.82, 2.24) is 4.90 Å². The summed E-state index contributed by atoms with van der Waals surface area (Å²) < 4.78 is 5.20. The molecule has 0 spiro atoms. The van der Waals surface area contributed by atoms with Gasteiger partial charge in [-0.15, -0.1) is 0 Å². The minimum atomic E-state index is 0.211. The number of aromatic hydroxyl groups is 1. The van der Waals surface area contributed by atoms with Gasteiger partial charge in [0, 0.05) is 6.04 Å². The average molecular weight is 263 g/mol. The van der Waals surface area contributed by atoms with Gasteiger partial charge in [0.1, 0.15) is 0 Å². The lowest BCUT2D eigenvalue weighted by molar-refractivity contribution is 0.216. The Hall–Kier alpha value is -1.22. The number of benzene rings is 1. The van der Waals surface area contributed by atoms with Crippen LogP contribution < -0.4 is 4.74 Å². The molecule has 0 aliphatic carbocycles. The number of phenolic OH excluding ortho intramolecular Hbond substituents is 1. The van der Waals surface area contributed by atoms with Crippen molar-refractivity contribution in [2.75, 3.05) is 20.2 Å². The lowest BCUT2D eigenvalue weighted by Gasteiger charge is -2.28. The van der Waals surface area contributed by atoms with Gasteiger partial charge in [0.25, 0.3) is 0 Å². The van der Waals surface area contributed by atoms with Gasteiger partial charge in [0.15, 0.2) is 11.5 Å². The van der Waals surface area contributed by atoms with Crippen molar-refractivity contribution in [3.05, 3.63) is 23.8 Å². The van der Waals surface area contributed by atoms with E-state index in [0.29, 0.717) is 11.8 Å². The topological polar surface area (TPSA) is 32.7 Å². The summed E-state index contributed by atoms with van der Waals surface area (Å²) in [6.45, 7) is 6.90. The number of methoxy groups -OCH3 is 1. The van der Waals surface area contributed by atoms with Gasteiger partial charge in [-0.25, -0.2) is 0 Å². The summed E-state index contributed by atoms with van der Waals surface area (Å²) in [5, 5.41) is 9.67. The Kier molecular flexibility index (Phi) is 4.70. The van der Waals surface area contributed by atoms with Crippen LogP contribution in [0.3, 0.4) is 0 Å². The molecule has 1 aliphatic rings. The van der Waals surface area contributed by atoms with E-state index in [1.165, 1.54) is 24.8 Å². The molecule has 3 nitrogen and oxygen atoms in total. The summed E-state index contributed by atoms with van der Waals surface area (Å²) in [5.41, 5.74) is 1.21. The van der Waals surface area contributed by atoms with E-state index in [0.717, 1.165) is 19.0 Å². The Balaban J connectivity index is 2.12. The van der Waals surface area contributed by atoms with E-state index in [9.17, 15) is 5.11 Å². The van der Waals surface area contributed by atoms with Gasteiger partial charge in [0.2, 0.25) is 0 Å². The summed E-state index contributed by atoms with van der Waals surface area (Å²) in [7, 11) is 1.59. The van der Waals surface area contributed by atoms with Gasteiger partial charge >= 0.3 is 0 Å². The molecule has 19 heavy (non-hydrogen) atoms. The van der Waals surface area contributed by atoms with Crippen molar-refractivity contribution in [1.29, 1.82) is 0 Å². The maximum atomic E-state index is 9.67. The molecule has 2 unspecified atom stereocenters. The first-order valence-electron chi connectivity index (χ1n) is 7.22. The molecule has 0 radical (unpaired) electrons. The summed E-state index contributed by atoms with van der Waals surface area (Å²) in [5.74, 6) is 1.61. The quantitative estimate of drug-likeness (QED) is 0.904. The number of rotatable bonds is 3. The molecular formula is C16H25NO2. The Labute approximate surface area is 116 Å². The number of nitrogens with zero attached hydrogens (tertiary/aromatic N) is 1. The second-order valence-corrected chi connectivity index (χ2v) is 5.68. The highest BCUT2D eigenvalue weighted by atomic mass is 16.5. The van der Waals surface area contributed by atoms with Crippen molar-refractivity contribution >= 4 is 0 Å². The van der Waals surface area contributed by atoms with Crippen LogP contribution in [-0.2, 0) is 0 Å². The highest BCUT2D eigenvalue weighted by Crippen LogP contribution is 2.32. The fourth-order valence-electron chi connectivity index (χ4n) is 2.84. The maximum absolute atomic E-state index is 9.67. The third kappa shape index (κ3) is 3.41. The normalized spacial score (nSPS) is 22.8. The van der Waals surface area contributed by atoms with Crippen LogP contribution in [-0.4, -0.2) is 30.2 Å². The molecule has 0 bridgehead atoms. The van der Waals surface area contributed by atoms with Crippen LogP contribution in [0.4, 0.5) is 0 Å². The van der Waals surface area contributed by atoms with E-state index in [1.807, 2.05) is 12.1 Å². The standard InChI is InChI=1S/C16H25NO2/c1-12-5-4-9-17(10-8-12)13(2)14-6-7-15(18)16(11-14)19-3/h6-7,11-13,18H,4-5,8-10H2,1-3H3. The van der Waals surface area contributed by atoms with Crippen molar-refractivity contribution in [2.24, 2.45) is 5.92 Å². The van der Waals surface area contributed by atoms with Crippen molar-refractivity contribution in [3.63, 3.8) is 0 Å². The summed E-state index contributed by atoms with van der Waals surface area (Å²) in [6, 6.07) is 6.05. The second kappa shape index (κ2) is 6.29. The molecule has 1 saturated heterocycles. The van der Waals surface area contributed by atoms with E-state index in [4.69, 9.17) is 4.74 Å².